The zero-order valence-electron chi connectivity index (χ0n) is 15.8. The average Bonchev–Trinajstić information content (AvgIpc) is 3.45. The molecule has 144 valence electrons. The summed E-state index contributed by atoms with van der Waals surface area (Å²) in [4.78, 5) is 20.4. The van der Waals surface area contributed by atoms with Crippen LogP contribution in [0.4, 0.5) is 0 Å². The zero-order valence-corrected chi connectivity index (χ0v) is 17.5. The Morgan fingerprint density at radius 2 is 1.75 bits per heavy atom. The summed E-state index contributed by atoms with van der Waals surface area (Å²) in [5, 5.41) is 4.30. The fraction of sp³-hybridized carbons (Fsp3) is 0.348. The van der Waals surface area contributed by atoms with Crippen LogP contribution in [0.25, 0.3) is 10.4 Å². The van der Waals surface area contributed by atoms with Crippen molar-refractivity contribution < 1.29 is 4.79 Å². The van der Waals surface area contributed by atoms with Gasteiger partial charge >= 0.3 is 0 Å². The first-order valence-corrected chi connectivity index (χ1v) is 11.8. The molecular formula is C23H24N2OS2. The van der Waals surface area contributed by atoms with E-state index in [1.54, 1.807) is 16.2 Å². The van der Waals surface area contributed by atoms with E-state index < -0.39 is 0 Å². The minimum absolute atomic E-state index is 0.176. The van der Waals surface area contributed by atoms with Gasteiger partial charge in [0.25, 0.3) is 5.91 Å². The topological polar surface area (TPSA) is 23.6 Å². The van der Waals surface area contributed by atoms with Gasteiger partial charge in [0.05, 0.1) is 0 Å². The summed E-state index contributed by atoms with van der Waals surface area (Å²) in [5.41, 5.74) is 3.50. The van der Waals surface area contributed by atoms with Crippen LogP contribution in [0, 0.1) is 0 Å². The van der Waals surface area contributed by atoms with Gasteiger partial charge in [-0.05, 0) is 65.4 Å². The fourth-order valence-electron chi connectivity index (χ4n) is 4.42. The predicted octanol–water partition coefficient (Wildman–Crippen LogP) is 5.14. The van der Waals surface area contributed by atoms with Crippen LogP contribution >= 0.6 is 22.7 Å². The number of amides is 1. The van der Waals surface area contributed by atoms with Crippen molar-refractivity contribution in [2.45, 2.75) is 31.8 Å². The van der Waals surface area contributed by atoms with E-state index in [1.165, 1.54) is 22.4 Å². The molecule has 0 atom stereocenters. The van der Waals surface area contributed by atoms with E-state index in [9.17, 15) is 4.79 Å². The van der Waals surface area contributed by atoms with Gasteiger partial charge in [-0.3, -0.25) is 9.69 Å². The van der Waals surface area contributed by atoms with Crippen molar-refractivity contribution in [1.82, 2.24) is 9.80 Å². The van der Waals surface area contributed by atoms with Gasteiger partial charge in [-0.25, -0.2) is 0 Å². The molecule has 2 aliphatic heterocycles. The number of hydrogen-bond donors (Lipinski definition) is 0. The summed E-state index contributed by atoms with van der Waals surface area (Å²) in [6, 6.07) is 15.2. The number of hydrogen-bond acceptors (Lipinski definition) is 4. The normalized spacial score (nSPS) is 18.2. The summed E-state index contributed by atoms with van der Waals surface area (Å²) >= 11 is 3.63. The maximum atomic E-state index is 12.9. The van der Waals surface area contributed by atoms with E-state index in [1.807, 2.05) is 28.4 Å². The van der Waals surface area contributed by atoms with E-state index in [0.29, 0.717) is 6.04 Å². The maximum Gasteiger partial charge on any atom is 0.253 e. The molecule has 2 aliphatic rings. The van der Waals surface area contributed by atoms with Crippen LogP contribution in [0.2, 0.25) is 0 Å². The van der Waals surface area contributed by atoms with Crippen LogP contribution in [0.1, 0.15) is 33.6 Å². The molecule has 5 rings (SSSR count). The molecule has 28 heavy (non-hydrogen) atoms. The number of likely N-dealkylation sites (tertiary alicyclic amines) is 1. The lowest BCUT2D eigenvalue weighted by Crippen LogP contribution is -2.47. The third-order valence-electron chi connectivity index (χ3n) is 6.04. The van der Waals surface area contributed by atoms with Crippen molar-refractivity contribution in [2.75, 3.05) is 19.6 Å². The summed E-state index contributed by atoms with van der Waals surface area (Å²) in [6.07, 6.45) is 3.35. The molecule has 4 heterocycles. The van der Waals surface area contributed by atoms with Crippen molar-refractivity contribution in [1.29, 1.82) is 0 Å². The average molecular weight is 409 g/mol. The molecular weight excluding hydrogens is 384 g/mol. The van der Waals surface area contributed by atoms with Crippen LogP contribution in [0.15, 0.2) is 53.2 Å². The molecule has 3 nitrogen and oxygen atoms in total. The van der Waals surface area contributed by atoms with Crippen LogP contribution in [-0.4, -0.2) is 41.4 Å². The molecule has 2 aromatic heterocycles. The molecule has 0 saturated carbocycles. The number of thiophene rings is 2. The molecule has 0 unspecified atom stereocenters. The number of carbonyl (C=O) groups excluding carboxylic acids is 1. The highest BCUT2D eigenvalue weighted by Crippen LogP contribution is 2.29. The molecule has 0 aliphatic carbocycles. The van der Waals surface area contributed by atoms with Crippen molar-refractivity contribution in [3.05, 3.63) is 69.2 Å². The van der Waals surface area contributed by atoms with Crippen molar-refractivity contribution in [3.63, 3.8) is 0 Å². The van der Waals surface area contributed by atoms with Crippen LogP contribution in [0.3, 0.4) is 0 Å². The second-order valence-electron chi connectivity index (χ2n) is 7.67. The zero-order chi connectivity index (χ0) is 18.9. The Bertz CT molecular complexity index is 937. The number of nitrogens with zero attached hydrogens (tertiary/aromatic N) is 2. The van der Waals surface area contributed by atoms with Gasteiger partial charge in [-0.1, -0.05) is 18.2 Å². The minimum atomic E-state index is 0.176. The third-order valence-corrected chi connectivity index (χ3v) is 7.98. The highest BCUT2D eigenvalue weighted by molar-refractivity contribution is 7.13. The summed E-state index contributed by atoms with van der Waals surface area (Å²) in [6.45, 7) is 3.98. The third kappa shape index (κ3) is 3.54. The first-order valence-electron chi connectivity index (χ1n) is 10.0. The van der Waals surface area contributed by atoms with Gasteiger partial charge in [0.15, 0.2) is 0 Å². The Kier molecular flexibility index (Phi) is 5.05. The molecule has 5 heteroatoms. The Hall–Kier alpha value is -1.95. The lowest BCUT2D eigenvalue weighted by Gasteiger charge is -2.40. The second kappa shape index (κ2) is 7.82. The van der Waals surface area contributed by atoms with E-state index in [-0.39, 0.29) is 5.91 Å². The number of fused-ring (bicyclic) bond motifs is 1. The minimum Gasteiger partial charge on any atom is -0.339 e. The van der Waals surface area contributed by atoms with E-state index in [0.717, 1.165) is 44.6 Å². The van der Waals surface area contributed by atoms with E-state index in [4.69, 9.17) is 0 Å². The highest BCUT2D eigenvalue weighted by Gasteiger charge is 2.29. The van der Waals surface area contributed by atoms with Gasteiger partial charge in [0.2, 0.25) is 0 Å². The Labute approximate surface area is 174 Å². The van der Waals surface area contributed by atoms with Crippen molar-refractivity contribution >= 4 is 28.6 Å². The van der Waals surface area contributed by atoms with Crippen LogP contribution in [0.5, 0.6) is 0 Å². The number of piperidine rings is 1. The van der Waals surface area contributed by atoms with E-state index >= 15 is 0 Å². The standard InChI is InChI=1S/C23H24N2OS2/c26-23(18-5-3-17(4-6-18)21-2-1-14-27-21)24-11-7-20(8-12-24)25-13-9-22-19(16-25)10-15-28-22/h1-6,10,14-15,20H,7-9,11-13,16H2. The molecule has 1 fully saturated rings. The SMILES string of the molecule is O=C(c1ccc(-c2cccs2)cc1)N1CCC(N2CCc3sccc3C2)CC1. The van der Waals surface area contributed by atoms with E-state index in [2.05, 4.69) is 46.0 Å². The molecule has 3 aromatic rings. The molecule has 1 amide bonds. The van der Waals surface area contributed by atoms with Gasteiger partial charge in [0, 0.05) is 47.5 Å². The largest absolute Gasteiger partial charge is 0.339 e. The van der Waals surface area contributed by atoms with Gasteiger partial charge in [0.1, 0.15) is 0 Å². The number of rotatable bonds is 3. The molecule has 0 spiro atoms. The smallest absolute Gasteiger partial charge is 0.253 e. The van der Waals surface area contributed by atoms with Gasteiger partial charge in [-0.2, -0.15) is 0 Å². The first-order chi connectivity index (χ1) is 13.8. The Morgan fingerprint density at radius 3 is 2.50 bits per heavy atom. The lowest BCUT2D eigenvalue weighted by molar-refractivity contribution is 0.0600. The monoisotopic (exact) mass is 408 g/mol. The van der Waals surface area contributed by atoms with Gasteiger partial charge in [-0.15, -0.1) is 22.7 Å². The number of benzene rings is 1. The molecule has 0 radical (unpaired) electrons. The summed E-state index contributed by atoms with van der Waals surface area (Å²) in [7, 11) is 0. The van der Waals surface area contributed by atoms with Crippen LogP contribution < -0.4 is 0 Å². The summed E-state index contributed by atoms with van der Waals surface area (Å²) in [5.74, 6) is 0.176. The highest BCUT2D eigenvalue weighted by atomic mass is 32.1. The molecule has 1 aromatic carbocycles. The second-order valence-corrected chi connectivity index (χ2v) is 9.62. The Balaban J connectivity index is 1.19. The number of carbonyl (C=O) groups is 1. The molecule has 0 N–H and O–H groups in total. The lowest BCUT2D eigenvalue weighted by atomic mass is 9.99. The van der Waals surface area contributed by atoms with Crippen molar-refractivity contribution in [2.24, 2.45) is 0 Å². The van der Waals surface area contributed by atoms with Crippen molar-refractivity contribution in [3.8, 4) is 10.4 Å². The Morgan fingerprint density at radius 1 is 0.929 bits per heavy atom. The maximum absolute atomic E-state index is 12.9. The summed E-state index contributed by atoms with van der Waals surface area (Å²) < 4.78 is 0. The first kappa shape index (κ1) is 18.1. The van der Waals surface area contributed by atoms with Crippen LogP contribution in [-0.2, 0) is 13.0 Å². The quantitative estimate of drug-likeness (QED) is 0.599. The predicted molar refractivity (Wildman–Crippen MR) is 117 cm³/mol. The molecule has 0 bridgehead atoms. The van der Waals surface area contributed by atoms with Gasteiger partial charge < -0.3 is 4.90 Å². The fourth-order valence-corrected chi connectivity index (χ4v) is 6.04. The molecule has 1 saturated heterocycles.